The summed E-state index contributed by atoms with van der Waals surface area (Å²) in [7, 11) is 0. The highest BCUT2D eigenvalue weighted by Gasteiger charge is 2.12. The summed E-state index contributed by atoms with van der Waals surface area (Å²) in [6.07, 6.45) is 2.17. The number of rotatable bonds is 4. The molecule has 1 atom stereocenters. The van der Waals surface area contributed by atoms with Crippen molar-refractivity contribution in [3.05, 3.63) is 41.0 Å². The van der Waals surface area contributed by atoms with Gasteiger partial charge in [0.05, 0.1) is 28.8 Å². The number of nitrogens with one attached hydrogen (secondary N) is 1. The van der Waals surface area contributed by atoms with Gasteiger partial charge >= 0.3 is 0 Å². The lowest BCUT2D eigenvalue weighted by Crippen LogP contribution is -2.36. The molecule has 5 heteroatoms. The fourth-order valence-electron chi connectivity index (χ4n) is 1.79. The van der Waals surface area contributed by atoms with Crippen LogP contribution in [-0.2, 0) is 0 Å². The van der Waals surface area contributed by atoms with E-state index in [4.69, 9.17) is 16.7 Å². The number of carbonyl (C=O) groups is 1. The van der Waals surface area contributed by atoms with Gasteiger partial charge in [0.15, 0.2) is 0 Å². The molecular weight excluding hydrogens is 264 g/mol. The molecule has 0 spiro atoms. The number of fused-ring (bicyclic) bond motifs is 1. The normalized spacial score (nSPS) is 12.4. The SMILES string of the molecule is CCC(CO)NC(=O)c1cnc2c(Cl)cccc2c1. The number of benzene rings is 1. The first kappa shape index (κ1) is 13.8. The van der Waals surface area contributed by atoms with E-state index in [9.17, 15) is 4.79 Å². The smallest absolute Gasteiger partial charge is 0.253 e. The summed E-state index contributed by atoms with van der Waals surface area (Å²) in [4.78, 5) is 16.2. The van der Waals surface area contributed by atoms with E-state index in [1.165, 1.54) is 6.20 Å². The standard InChI is InChI=1S/C14H15ClN2O2/c1-2-11(8-18)17-14(19)10-6-9-4-3-5-12(15)13(9)16-7-10/h3-7,11,18H,2,8H2,1H3,(H,17,19). The first-order valence-corrected chi connectivity index (χ1v) is 6.49. The summed E-state index contributed by atoms with van der Waals surface area (Å²) in [6.45, 7) is 1.83. The van der Waals surface area contributed by atoms with Crippen molar-refractivity contribution < 1.29 is 9.90 Å². The molecule has 0 aliphatic carbocycles. The molecule has 0 saturated carbocycles. The zero-order valence-electron chi connectivity index (χ0n) is 10.6. The lowest BCUT2D eigenvalue weighted by molar-refractivity contribution is 0.0915. The molecule has 2 aromatic rings. The molecule has 2 N–H and O–H groups in total. The first-order valence-electron chi connectivity index (χ1n) is 6.11. The Bertz CT molecular complexity index is 597. The monoisotopic (exact) mass is 278 g/mol. The van der Waals surface area contributed by atoms with Crippen molar-refractivity contribution >= 4 is 28.4 Å². The number of hydrogen-bond acceptors (Lipinski definition) is 3. The van der Waals surface area contributed by atoms with Crippen LogP contribution in [0.1, 0.15) is 23.7 Å². The fourth-order valence-corrected chi connectivity index (χ4v) is 2.02. The molecule has 1 unspecified atom stereocenters. The second-order valence-corrected chi connectivity index (χ2v) is 4.70. The van der Waals surface area contributed by atoms with E-state index < -0.39 is 0 Å². The van der Waals surface area contributed by atoms with Crippen molar-refractivity contribution in [2.45, 2.75) is 19.4 Å². The van der Waals surface area contributed by atoms with Crippen molar-refractivity contribution in [2.24, 2.45) is 0 Å². The van der Waals surface area contributed by atoms with E-state index in [0.717, 1.165) is 5.39 Å². The van der Waals surface area contributed by atoms with Crippen LogP contribution in [0.15, 0.2) is 30.5 Å². The predicted molar refractivity (Wildman–Crippen MR) is 75.4 cm³/mol. The predicted octanol–water partition coefficient (Wildman–Crippen LogP) is 2.39. The fraction of sp³-hybridized carbons (Fsp3) is 0.286. The third kappa shape index (κ3) is 3.03. The van der Waals surface area contributed by atoms with Crippen LogP contribution >= 0.6 is 11.6 Å². The number of aliphatic hydroxyl groups excluding tert-OH is 1. The third-order valence-corrected chi connectivity index (χ3v) is 3.28. The molecule has 1 aromatic heterocycles. The average Bonchev–Trinajstić information content (AvgIpc) is 2.44. The Kier molecular flexibility index (Phi) is 4.35. The molecular formula is C14H15ClN2O2. The van der Waals surface area contributed by atoms with Gasteiger partial charge in [0.2, 0.25) is 0 Å². The number of amides is 1. The van der Waals surface area contributed by atoms with E-state index in [0.29, 0.717) is 22.5 Å². The summed E-state index contributed by atoms with van der Waals surface area (Å²) in [5.74, 6) is -0.240. The summed E-state index contributed by atoms with van der Waals surface area (Å²) >= 11 is 6.02. The number of nitrogens with zero attached hydrogens (tertiary/aromatic N) is 1. The molecule has 1 amide bonds. The maximum absolute atomic E-state index is 12.0. The summed E-state index contributed by atoms with van der Waals surface area (Å²) in [6, 6.07) is 6.94. The molecule has 0 aliphatic rings. The van der Waals surface area contributed by atoms with Gasteiger partial charge in [0.25, 0.3) is 5.91 Å². The topological polar surface area (TPSA) is 62.2 Å². The van der Waals surface area contributed by atoms with Crippen LogP contribution in [0.3, 0.4) is 0 Å². The van der Waals surface area contributed by atoms with Crippen LogP contribution in [0.25, 0.3) is 10.9 Å². The summed E-state index contributed by atoms with van der Waals surface area (Å²) < 4.78 is 0. The van der Waals surface area contributed by atoms with E-state index in [-0.39, 0.29) is 18.6 Å². The minimum absolute atomic E-state index is 0.0743. The Morgan fingerprint density at radius 2 is 2.32 bits per heavy atom. The summed E-state index contributed by atoms with van der Waals surface area (Å²) in [5.41, 5.74) is 1.14. The number of hydrogen-bond donors (Lipinski definition) is 2. The zero-order chi connectivity index (χ0) is 13.8. The maximum Gasteiger partial charge on any atom is 0.253 e. The highest BCUT2D eigenvalue weighted by molar-refractivity contribution is 6.35. The Morgan fingerprint density at radius 1 is 1.53 bits per heavy atom. The Balaban J connectivity index is 2.28. The largest absolute Gasteiger partial charge is 0.394 e. The first-order chi connectivity index (χ1) is 9.15. The van der Waals surface area contributed by atoms with Crippen molar-refractivity contribution in [1.82, 2.24) is 10.3 Å². The number of para-hydroxylation sites is 1. The minimum atomic E-state index is -0.240. The third-order valence-electron chi connectivity index (χ3n) is 2.97. The molecule has 0 saturated heterocycles. The van der Waals surface area contributed by atoms with Gasteiger partial charge in [-0.3, -0.25) is 9.78 Å². The van der Waals surface area contributed by atoms with Gasteiger partial charge in [-0.05, 0) is 18.6 Å². The second-order valence-electron chi connectivity index (χ2n) is 4.30. The molecule has 1 aromatic carbocycles. The van der Waals surface area contributed by atoms with Gasteiger partial charge in [0.1, 0.15) is 0 Å². The Morgan fingerprint density at radius 3 is 3.00 bits per heavy atom. The van der Waals surface area contributed by atoms with Crippen molar-refractivity contribution in [1.29, 1.82) is 0 Å². The second kappa shape index (κ2) is 5.99. The summed E-state index contributed by atoms with van der Waals surface area (Å²) in [5, 5.41) is 13.2. The number of pyridine rings is 1. The lowest BCUT2D eigenvalue weighted by atomic mass is 10.1. The van der Waals surface area contributed by atoms with Crippen LogP contribution in [0.2, 0.25) is 5.02 Å². The van der Waals surface area contributed by atoms with Crippen molar-refractivity contribution in [2.75, 3.05) is 6.61 Å². The lowest BCUT2D eigenvalue weighted by Gasteiger charge is -2.14. The minimum Gasteiger partial charge on any atom is -0.394 e. The Hall–Kier alpha value is -1.65. The molecule has 1 heterocycles. The maximum atomic E-state index is 12.0. The van der Waals surface area contributed by atoms with Gasteiger partial charge in [-0.1, -0.05) is 30.7 Å². The quantitative estimate of drug-likeness (QED) is 0.903. The van der Waals surface area contributed by atoms with Crippen molar-refractivity contribution in [3.63, 3.8) is 0 Å². The van der Waals surface area contributed by atoms with E-state index >= 15 is 0 Å². The molecule has 2 rings (SSSR count). The van der Waals surface area contributed by atoms with Crippen molar-refractivity contribution in [3.8, 4) is 0 Å². The van der Waals surface area contributed by atoms with Gasteiger partial charge in [-0.2, -0.15) is 0 Å². The number of aliphatic hydroxyl groups is 1. The molecule has 4 nitrogen and oxygen atoms in total. The van der Waals surface area contributed by atoms with Gasteiger partial charge < -0.3 is 10.4 Å². The van der Waals surface area contributed by atoms with Gasteiger partial charge in [-0.25, -0.2) is 0 Å². The zero-order valence-corrected chi connectivity index (χ0v) is 11.3. The van der Waals surface area contributed by atoms with E-state index in [2.05, 4.69) is 10.3 Å². The van der Waals surface area contributed by atoms with Crippen LogP contribution in [-0.4, -0.2) is 28.6 Å². The van der Waals surface area contributed by atoms with Crippen LogP contribution in [0, 0.1) is 0 Å². The molecule has 100 valence electrons. The van der Waals surface area contributed by atoms with Crippen LogP contribution < -0.4 is 5.32 Å². The molecule has 0 aliphatic heterocycles. The number of carbonyl (C=O) groups excluding carboxylic acids is 1. The number of halogens is 1. The van der Waals surface area contributed by atoms with E-state index in [1.807, 2.05) is 19.1 Å². The Labute approximate surface area is 116 Å². The highest BCUT2D eigenvalue weighted by Crippen LogP contribution is 2.21. The van der Waals surface area contributed by atoms with Gasteiger partial charge in [0, 0.05) is 11.6 Å². The van der Waals surface area contributed by atoms with E-state index in [1.54, 1.807) is 12.1 Å². The number of aromatic nitrogens is 1. The van der Waals surface area contributed by atoms with Gasteiger partial charge in [-0.15, -0.1) is 0 Å². The van der Waals surface area contributed by atoms with Crippen LogP contribution in [0.4, 0.5) is 0 Å². The molecule has 19 heavy (non-hydrogen) atoms. The molecule has 0 bridgehead atoms. The average molecular weight is 279 g/mol. The van der Waals surface area contributed by atoms with Crippen LogP contribution in [0.5, 0.6) is 0 Å². The molecule has 0 fully saturated rings. The molecule has 0 radical (unpaired) electrons. The highest BCUT2D eigenvalue weighted by atomic mass is 35.5.